The normalized spacial score (nSPS) is 15.7. The second-order valence-corrected chi connectivity index (χ2v) is 7.65. The molecule has 0 bridgehead atoms. The molecule has 1 aliphatic heterocycles. The van der Waals surface area contributed by atoms with Crippen molar-refractivity contribution in [1.82, 2.24) is 4.90 Å². The van der Waals surface area contributed by atoms with Crippen LogP contribution in [0.15, 0.2) is 42.5 Å². The van der Waals surface area contributed by atoms with Gasteiger partial charge in [0.05, 0.1) is 12.7 Å². The van der Waals surface area contributed by atoms with Crippen molar-refractivity contribution >= 4 is 0 Å². The number of rotatable bonds is 7. The summed E-state index contributed by atoms with van der Waals surface area (Å²) in [6.45, 7) is 10.2. The van der Waals surface area contributed by atoms with E-state index in [2.05, 4.69) is 36.9 Å². The Bertz CT molecular complexity index is 727. The highest BCUT2D eigenvalue weighted by Gasteiger charge is 2.18. The summed E-state index contributed by atoms with van der Waals surface area (Å²) in [7, 11) is 0. The average Bonchev–Trinajstić information content (AvgIpc) is 2.84. The Morgan fingerprint density at radius 1 is 1.15 bits per heavy atom. The number of aliphatic hydroxyl groups is 1. The van der Waals surface area contributed by atoms with Crippen molar-refractivity contribution < 1.29 is 14.6 Å². The lowest BCUT2D eigenvalue weighted by atomic mass is 9.97. The minimum absolute atomic E-state index is 0.418. The SMILES string of the molecule is CCOc1ccc(CN2CCOc3ccc(C(O)CC(C)C)cc3C2)cc1. The van der Waals surface area contributed by atoms with Crippen molar-refractivity contribution in [2.45, 2.75) is 46.4 Å². The van der Waals surface area contributed by atoms with Crippen molar-refractivity contribution in [3.63, 3.8) is 0 Å². The number of ether oxygens (including phenoxy) is 2. The van der Waals surface area contributed by atoms with Crippen molar-refractivity contribution in [3.05, 3.63) is 59.2 Å². The van der Waals surface area contributed by atoms with Crippen molar-refractivity contribution in [3.8, 4) is 11.5 Å². The molecule has 4 heteroatoms. The van der Waals surface area contributed by atoms with Crippen LogP contribution >= 0.6 is 0 Å². The van der Waals surface area contributed by atoms with E-state index >= 15 is 0 Å². The van der Waals surface area contributed by atoms with Crippen LogP contribution in [-0.4, -0.2) is 29.8 Å². The van der Waals surface area contributed by atoms with Gasteiger partial charge in [-0.2, -0.15) is 0 Å². The smallest absolute Gasteiger partial charge is 0.123 e. The molecular weight excluding hydrogens is 338 g/mol. The van der Waals surface area contributed by atoms with Crippen LogP contribution in [0.4, 0.5) is 0 Å². The first-order valence-corrected chi connectivity index (χ1v) is 9.93. The summed E-state index contributed by atoms with van der Waals surface area (Å²) in [4.78, 5) is 2.39. The average molecular weight is 370 g/mol. The summed E-state index contributed by atoms with van der Waals surface area (Å²) >= 11 is 0. The van der Waals surface area contributed by atoms with Crippen molar-refractivity contribution in [1.29, 1.82) is 0 Å². The molecule has 1 unspecified atom stereocenters. The molecule has 1 atom stereocenters. The van der Waals surface area contributed by atoms with Crippen molar-refractivity contribution in [2.24, 2.45) is 5.92 Å². The van der Waals surface area contributed by atoms with Gasteiger partial charge in [-0.25, -0.2) is 0 Å². The molecule has 27 heavy (non-hydrogen) atoms. The van der Waals surface area contributed by atoms with E-state index in [4.69, 9.17) is 9.47 Å². The van der Waals surface area contributed by atoms with Crippen LogP contribution in [0.5, 0.6) is 11.5 Å². The highest BCUT2D eigenvalue weighted by atomic mass is 16.5. The Balaban J connectivity index is 1.70. The molecule has 0 spiro atoms. The maximum atomic E-state index is 10.5. The lowest BCUT2D eigenvalue weighted by Crippen LogP contribution is -2.25. The molecule has 2 aromatic carbocycles. The number of nitrogens with zero attached hydrogens (tertiary/aromatic N) is 1. The molecule has 1 aliphatic rings. The summed E-state index contributed by atoms with van der Waals surface area (Å²) < 4.78 is 11.5. The topological polar surface area (TPSA) is 41.9 Å². The van der Waals surface area contributed by atoms with Gasteiger partial charge in [0.1, 0.15) is 18.1 Å². The number of hydrogen-bond acceptors (Lipinski definition) is 4. The minimum atomic E-state index is -0.418. The zero-order valence-electron chi connectivity index (χ0n) is 16.6. The molecule has 0 fully saturated rings. The Hall–Kier alpha value is -2.04. The van der Waals surface area contributed by atoms with Gasteiger partial charge in [0.2, 0.25) is 0 Å². The van der Waals surface area contributed by atoms with Gasteiger partial charge in [0.25, 0.3) is 0 Å². The predicted molar refractivity (Wildman–Crippen MR) is 108 cm³/mol. The minimum Gasteiger partial charge on any atom is -0.494 e. The molecule has 0 saturated heterocycles. The van der Waals surface area contributed by atoms with Crippen LogP contribution in [0.25, 0.3) is 0 Å². The lowest BCUT2D eigenvalue weighted by molar-refractivity contribution is 0.151. The molecule has 146 valence electrons. The Morgan fingerprint density at radius 2 is 1.93 bits per heavy atom. The van der Waals surface area contributed by atoms with Crippen LogP contribution in [0, 0.1) is 5.92 Å². The van der Waals surface area contributed by atoms with Gasteiger partial charge in [-0.05, 0) is 54.7 Å². The summed E-state index contributed by atoms with van der Waals surface area (Å²) in [6.07, 6.45) is 0.355. The van der Waals surface area contributed by atoms with Gasteiger partial charge in [0, 0.05) is 25.2 Å². The quantitative estimate of drug-likeness (QED) is 0.777. The largest absolute Gasteiger partial charge is 0.494 e. The Morgan fingerprint density at radius 3 is 2.63 bits per heavy atom. The summed E-state index contributed by atoms with van der Waals surface area (Å²) in [6, 6.07) is 14.4. The van der Waals surface area contributed by atoms with Crippen LogP contribution in [-0.2, 0) is 13.1 Å². The number of benzene rings is 2. The van der Waals surface area contributed by atoms with Gasteiger partial charge in [0.15, 0.2) is 0 Å². The van der Waals surface area contributed by atoms with Gasteiger partial charge in [-0.15, -0.1) is 0 Å². The summed E-state index contributed by atoms with van der Waals surface area (Å²) in [5.74, 6) is 2.31. The molecular formula is C23H31NO3. The predicted octanol–water partition coefficient (Wildman–Crippen LogP) is 4.56. The fraction of sp³-hybridized carbons (Fsp3) is 0.478. The molecule has 0 saturated carbocycles. The molecule has 2 aromatic rings. The van der Waals surface area contributed by atoms with E-state index < -0.39 is 6.10 Å². The van der Waals surface area contributed by atoms with Crippen molar-refractivity contribution in [2.75, 3.05) is 19.8 Å². The van der Waals surface area contributed by atoms with Crippen LogP contribution in [0.3, 0.4) is 0 Å². The molecule has 0 radical (unpaired) electrons. The van der Waals surface area contributed by atoms with Crippen LogP contribution in [0.1, 0.15) is 50.0 Å². The van der Waals surface area contributed by atoms with Gasteiger partial charge in [-0.1, -0.05) is 32.0 Å². The third kappa shape index (κ3) is 5.47. The number of aliphatic hydroxyl groups excluding tert-OH is 1. The highest BCUT2D eigenvalue weighted by Crippen LogP contribution is 2.29. The summed E-state index contributed by atoms with van der Waals surface area (Å²) in [5.41, 5.74) is 3.39. The van der Waals surface area contributed by atoms with Gasteiger partial charge < -0.3 is 14.6 Å². The van der Waals surface area contributed by atoms with Crippen LogP contribution < -0.4 is 9.47 Å². The second-order valence-electron chi connectivity index (χ2n) is 7.65. The second kappa shape index (κ2) is 9.25. The molecule has 1 N–H and O–H groups in total. The molecule has 0 aromatic heterocycles. The molecule has 0 aliphatic carbocycles. The monoisotopic (exact) mass is 369 g/mol. The van der Waals surface area contributed by atoms with Crippen LogP contribution in [0.2, 0.25) is 0 Å². The standard InChI is InChI=1S/C23H31NO3/c1-4-26-21-8-5-18(6-9-21)15-24-11-12-27-23-10-7-19(14-20(23)16-24)22(25)13-17(2)3/h5-10,14,17,22,25H,4,11-13,15-16H2,1-3H3. The van der Waals surface area contributed by atoms with E-state index in [1.165, 1.54) is 5.56 Å². The van der Waals surface area contributed by atoms with E-state index in [-0.39, 0.29) is 0 Å². The molecule has 3 rings (SSSR count). The highest BCUT2D eigenvalue weighted by molar-refractivity contribution is 5.39. The first-order valence-electron chi connectivity index (χ1n) is 9.93. The molecule has 0 amide bonds. The third-order valence-electron chi connectivity index (χ3n) is 4.86. The third-order valence-corrected chi connectivity index (χ3v) is 4.86. The van der Waals surface area contributed by atoms with E-state index in [9.17, 15) is 5.11 Å². The number of fused-ring (bicyclic) bond motifs is 1. The maximum absolute atomic E-state index is 10.5. The van der Waals surface area contributed by atoms with E-state index in [0.717, 1.165) is 48.7 Å². The Labute approximate surface area is 162 Å². The first kappa shape index (κ1) is 19.7. The lowest BCUT2D eigenvalue weighted by Gasteiger charge is -2.20. The van der Waals surface area contributed by atoms with E-state index in [0.29, 0.717) is 19.1 Å². The zero-order valence-corrected chi connectivity index (χ0v) is 16.6. The Kier molecular flexibility index (Phi) is 6.75. The number of hydrogen-bond donors (Lipinski definition) is 1. The van der Waals surface area contributed by atoms with E-state index in [1.54, 1.807) is 0 Å². The maximum Gasteiger partial charge on any atom is 0.123 e. The molecule has 4 nitrogen and oxygen atoms in total. The zero-order chi connectivity index (χ0) is 19.2. The fourth-order valence-corrected chi connectivity index (χ4v) is 3.51. The van der Waals surface area contributed by atoms with Gasteiger partial charge >= 0.3 is 0 Å². The summed E-state index contributed by atoms with van der Waals surface area (Å²) in [5, 5.41) is 10.5. The molecule has 1 heterocycles. The van der Waals surface area contributed by atoms with E-state index in [1.807, 2.05) is 31.2 Å². The fourth-order valence-electron chi connectivity index (χ4n) is 3.51. The first-order chi connectivity index (χ1) is 13.0. The van der Waals surface area contributed by atoms with Gasteiger partial charge in [-0.3, -0.25) is 4.90 Å².